The zero-order valence-electron chi connectivity index (χ0n) is 8.80. The highest BCUT2D eigenvalue weighted by Gasteiger charge is 2.19. The maximum atomic E-state index is 13.6. The first-order chi connectivity index (χ1) is 7.02. The van der Waals surface area contributed by atoms with Crippen LogP contribution in [0.4, 0.5) is 10.2 Å². The third kappa shape index (κ3) is 1.29. The second-order valence-electron chi connectivity index (χ2n) is 3.49. The Balaban J connectivity index is 2.64. The second-order valence-corrected chi connectivity index (χ2v) is 3.49. The number of nitrogens with two attached hydrogens (primary N) is 1. The number of halogens is 1. The Morgan fingerprint density at radius 2 is 2.00 bits per heavy atom. The smallest absolute Gasteiger partial charge is 0.194 e. The maximum Gasteiger partial charge on any atom is 0.194 e. The molecule has 6 heteroatoms. The molecule has 0 aliphatic carbocycles. The van der Waals surface area contributed by atoms with Crippen molar-refractivity contribution < 1.29 is 4.39 Å². The fourth-order valence-corrected chi connectivity index (χ4v) is 1.38. The minimum atomic E-state index is -0.521. The van der Waals surface area contributed by atoms with Crippen molar-refractivity contribution in [3.8, 4) is 11.4 Å². The summed E-state index contributed by atoms with van der Waals surface area (Å²) < 4.78 is 14.9. The van der Waals surface area contributed by atoms with E-state index in [-0.39, 0.29) is 11.5 Å². The number of nitrogen functional groups attached to an aromatic ring is 1. The van der Waals surface area contributed by atoms with E-state index in [4.69, 9.17) is 5.73 Å². The topological polar surface area (TPSA) is 72.5 Å². The second kappa shape index (κ2) is 3.08. The van der Waals surface area contributed by atoms with E-state index in [2.05, 4.69) is 15.3 Å². The standard InChI is InChI=1S/C9H12FN5/c1-4-5(2)12-13-7(4)8-6(10)9(11)15(3)14-8/h11H2,1-3H3,(H,12,13). The highest BCUT2D eigenvalue weighted by Crippen LogP contribution is 2.26. The van der Waals surface area contributed by atoms with Crippen molar-refractivity contribution in [3.05, 3.63) is 17.1 Å². The molecule has 0 unspecified atom stereocenters. The predicted molar refractivity (Wildman–Crippen MR) is 54.6 cm³/mol. The van der Waals surface area contributed by atoms with Gasteiger partial charge in [-0.3, -0.25) is 5.10 Å². The van der Waals surface area contributed by atoms with E-state index < -0.39 is 5.82 Å². The van der Waals surface area contributed by atoms with Gasteiger partial charge in [0.1, 0.15) is 5.69 Å². The molecular formula is C9H12FN5. The van der Waals surface area contributed by atoms with E-state index in [0.29, 0.717) is 5.69 Å². The van der Waals surface area contributed by atoms with Crippen LogP contribution in [0.25, 0.3) is 11.4 Å². The molecule has 0 bridgehead atoms. The number of aryl methyl sites for hydroxylation is 2. The molecule has 0 spiro atoms. The fraction of sp³-hybridized carbons (Fsp3) is 0.333. The van der Waals surface area contributed by atoms with E-state index in [1.54, 1.807) is 7.05 Å². The lowest BCUT2D eigenvalue weighted by atomic mass is 10.1. The SMILES string of the molecule is Cc1[nH]nc(-c2nn(C)c(N)c2F)c1C. The monoisotopic (exact) mass is 209 g/mol. The number of aromatic nitrogens is 4. The van der Waals surface area contributed by atoms with Gasteiger partial charge in [-0.25, -0.2) is 9.07 Å². The van der Waals surface area contributed by atoms with Gasteiger partial charge in [0, 0.05) is 12.7 Å². The van der Waals surface area contributed by atoms with Crippen LogP contribution in [-0.4, -0.2) is 20.0 Å². The molecular weight excluding hydrogens is 197 g/mol. The van der Waals surface area contributed by atoms with E-state index >= 15 is 0 Å². The van der Waals surface area contributed by atoms with Gasteiger partial charge in [-0.1, -0.05) is 0 Å². The molecule has 0 saturated carbocycles. The minimum absolute atomic E-state index is 0.0186. The van der Waals surface area contributed by atoms with Crippen molar-refractivity contribution in [1.82, 2.24) is 20.0 Å². The van der Waals surface area contributed by atoms with E-state index in [1.165, 1.54) is 4.68 Å². The van der Waals surface area contributed by atoms with Crippen LogP contribution in [0.3, 0.4) is 0 Å². The summed E-state index contributed by atoms with van der Waals surface area (Å²) in [5, 5.41) is 10.8. The Morgan fingerprint density at radius 3 is 2.40 bits per heavy atom. The van der Waals surface area contributed by atoms with Gasteiger partial charge in [0.05, 0.1) is 0 Å². The average molecular weight is 209 g/mol. The quantitative estimate of drug-likeness (QED) is 0.740. The van der Waals surface area contributed by atoms with Crippen LogP contribution in [0.15, 0.2) is 0 Å². The van der Waals surface area contributed by atoms with Gasteiger partial charge < -0.3 is 5.73 Å². The number of aromatic amines is 1. The van der Waals surface area contributed by atoms with Crippen LogP contribution >= 0.6 is 0 Å². The molecule has 2 aromatic rings. The zero-order chi connectivity index (χ0) is 11.2. The Kier molecular flexibility index (Phi) is 1.99. The minimum Gasteiger partial charge on any atom is -0.381 e. The van der Waals surface area contributed by atoms with Gasteiger partial charge in [-0.15, -0.1) is 0 Å². The molecule has 2 aromatic heterocycles. The van der Waals surface area contributed by atoms with Crippen LogP contribution in [0.1, 0.15) is 11.3 Å². The molecule has 0 fully saturated rings. The molecule has 0 atom stereocenters. The van der Waals surface area contributed by atoms with Crippen LogP contribution in [0, 0.1) is 19.7 Å². The lowest BCUT2D eigenvalue weighted by Gasteiger charge is -1.92. The van der Waals surface area contributed by atoms with Gasteiger partial charge in [-0.05, 0) is 19.4 Å². The lowest BCUT2D eigenvalue weighted by Crippen LogP contribution is -1.97. The fourth-order valence-electron chi connectivity index (χ4n) is 1.38. The number of nitrogens with one attached hydrogen (secondary N) is 1. The highest BCUT2D eigenvalue weighted by molar-refractivity contribution is 5.63. The Hall–Kier alpha value is -1.85. The van der Waals surface area contributed by atoms with Crippen LogP contribution in [0.5, 0.6) is 0 Å². The van der Waals surface area contributed by atoms with Gasteiger partial charge in [-0.2, -0.15) is 10.2 Å². The molecule has 0 aromatic carbocycles. The molecule has 3 N–H and O–H groups in total. The highest BCUT2D eigenvalue weighted by atomic mass is 19.1. The van der Waals surface area contributed by atoms with Crippen molar-refractivity contribution in [2.45, 2.75) is 13.8 Å². The summed E-state index contributed by atoms with van der Waals surface area (Å²) in [4.78, 5) is 0. The van der Waals surface area contributed by atoms with Crippen molar-refractivity contribution in [2.24, 2.45) is 7.05 Å². The van der Waals surface area contributed by atoms with Gasteiger partial charge in [0.2, 0.25) is 0 Å². The Morgan fingerprint density at radius 1 is 1.33 bits per heavy atom. The van der Waals surface area contributed by atoms with Gasteiger partial charge in [0.15, 0.2) is 17.3 Å². The molecule has 0 amide bonds. The van der Waals surface area contributed by atoms with Gasteiger partial charge >= 0.3 is 0 Å². The molecule has 2 rings (SSSR count). The third-order valence-electron chi connectivity index (χ3n) is 2.51. The molecule has 0 radical (unpaired) electrons. The number of anilines is 1. The zero-order valence-corrected chi connectivity index (χ0v) is 8.80. The average Bonchev–Trinajstić information content (AvgIpc) is 2.64. The summed E-state index contributed by atoms with van der Waals surface area (Å²) >= 11 is 0. The first kappa shape index (κ1) is 9.70. The molecule has 5 nitrogen and oxygen atoms in total. The summed E-state index contributed by atoms with van der Waals surface area (Å²) in [7, 11) is 1.59. The largest absolute Gasteiger partial charge is 0.381 e. The molecule has 2 heterocycles. The van der Waals surface area contributed by atoms with E-state index in [1.807, 2.05) is 13.8 Å². The van der Waals surface area contributed by atoms with Crippen LogP contribution < -0.4 is 5.73 Å². The number of H-pyrrole nitrogens is 1. The summed E-state index contributed by atoms with van der Waals surface area (Å²) in [5.74, 6) is -0.503. The number of rotatable bonds is 1. The van der Waals surface area contributed by atoms with E-state index in [0.717, 1.165) is 11.3 Å². The van der Waals surface area contributed by atoms with Gasteiger partial charge in [0.25, 0.3) is 0 Å². The van der Waals surface area contributed by atoms with Crippen LogP contribution in [0.2, 0.25) is 0 Å². The Labute approximate surface area is 86.1 Å². The first-order valence-corrected chi connectivity index (χ1v) is 4.52. The molecule has 0 aliphatic rings. The molecule has 0 aliphatic heterocycles. The number of hydrogen-bond acceptors (Lipinski definition) is 3. The van der Waals surface area contributed by atoms with Crippen molar-refractivity contribution in [1.29, 1.82) is 0 Å². The number of nitrogens with zero attached hydrogens (tertiary/aromatic N) is 3. The van der Waals surface area contributed by atoms with Crippen molar-refractivity contribution >= 4 is 5.82 Å². The number of hydrogen-bond donors (Lipinski definition) is 2. The van der Waals surface area contributed by atoms with E-state index in [9.17, 15) is 4.39 Å². The molecule has 80 valence electrons. The van der Waals surface area contributed by atoms with Crippen molar-refractivity contribution in [2.75, 3.05) is 5.73 Å². The normalized spacial score (nSPS) is 10.9. The maximum absolute atomic E-state index is 13.6. The molecule has 0 saturated heterocycles. The summed E-state index contributed by atoms with van der Waals surface area (Å²) in [6, 6.07) is 0. The predicted octanol–water partition coefficient (Wildman–Crippen LogP) is 1.15. The summed E-state index contributed by atoms with van der Waals surface area (Å²) in [6.45, 7) is 3.73. The lowest BCUT2D eigenvalue weighted by molar-refractivity contribution is 0.633. The molecule has 15 heavy (non-hydrogen) atoms. The van der Waals surface area contributed by atoms with Crippen molar-refractivity contribution in [3.63, 3.8) is 0 Å². The first-order valence-electron chi connectivity index (χ1n) is 4.52. The Bertz CT molecular complexity index is 511. The van der Waals surface area contributed by atoms with Crippen LogP contribution in [-0.2, 0) is 7.05 Å². The summed E-state index contributed by atoms with van der Waals surface area (Å²) in [5.41, 5.74) is 7.97. The third-order valence-corrected chi connectivity index (χ3v) is 2.51. The summed E-state index contributed by atoms with van der Waals surface area (Å²) in [6.07, 6.45) is 0.